The predicted molar refractivity (Wildman–Crippen MR) is 69.6 cm³/mol. The van der Waals surface area contributed by atoms with Crippen molar-refractivity contribution in [3.8, 4) is 0 Å². The summed E-state index contributed by atoms with van der Waals surface area (Å²) < 4.78 is 18.2. The number of ketones is 1. The lowest BCUT2D eigenvalue weighted by atomic mass is 10.0. The highest BCUT2D eigenvalue weighted by molar-refractivity contribution is 5.92. The molecule has 0 aliphatic rings. The molecule has 0 aliphatic heterocycles. The van der Waals surface area contributed by atoms with Gasteiger partial charge >= 0.3 is 0 Å². The number of carbonyl (C=O) groups is 2. The number of halogens is 1. The van der Waals surface area contributed by atoms with Gasteiger partial charge in [-0.15, -0.1) is 0 Å². The van der Waals surface area contributed by atoms with Crippen molar-refractivity contribution in [3.05, 3.63) is 55.2 Å². The number of benzene rings is 1. The normalized spacial score (nSPS) is 13.6. The van der Waals surface area contributed by atoms with Gasteiger partial charge in [0.25, 0.3) is 6.47 Å². The molecule has 3 nitrogen and oxygen atoms in total. The van der Waals surface area contributed by atoms with Gasteiger partial charge in [0.2, 0.25) is 0 Å². The molecule has 1 aromatic rings. The summed E-state index contributed by atoms with van der Waals surface area (Å²) >= 11 is 0. The van der Waals surface area contributed by atoms with E-state index in [9.17, 15) is 14.0 Å². The summed E-state index contributed by atoms with van der Waals surface area (Å²) in [5.41, 5.74) is 0.776. The molecule has 19 heavy (non-hydrogen) atoms. The van der Waals surface area contributed by atoms with Gasteiger partial charge < -0.3 is 4.74 Å². The summed E-state index contributed by atoms with van der Waals surface area (Å²) in [6.45, 7) is 1.96. The smallest absolute Gasteiger partial charge is 0.293 e. The van der Waals surface area contributed by atoms with Crippen LogP contribution < -0.4 is 0 Å². The van der Waals surface area contributed by atoms with Crippen LogP contribution >= 0.6 is 0 Å². The van der Waals surface area contributed by atoms with Crippen LogP contribution in [0.2, 0.25) is 0 Å². The zero-order chi connectivity index (χ0) is 14.1. The maximum Gasteiger partial charge on any atom is 0.293 e. The molecule has 0 amide bonds. The number of hydrogen-bond donors (Lipinski definition) is 0. The van der Waals surface area contributed by atoms with Gasteiger partial charge in [-0.1, -0.05) is 30.3 Å². The van der Waals surface area contributed by atoms with E-state index < -0.39 is 18.1 Å². The van der Waals surface area contributed by atoms with Crippen LogP contribution in [-0.2, 0) is 20.7 Å². The van der Waals surface area contributed by atoms with E-state index in [1.165, 1.54) is 12.8 Å². The van der Waals surface area contributed by atoms with Gasteiger partial charge in [-0.2, -0.15) is 0 Å². The molecule has 0 N–H and O–H groups in total. The number of hydrogen-bond acceptors (Lipinski definition) is 3. The van der Waals surface area contributed by atoms with Gasteiger partial charge in [0.05, 0.1) is 0 Å². The third-order valence-electron chi connectivity index (χ3n) is 2.48. The number of alkyl halides is 1. The Labute approximate surface area is 112 Å². The number of Topliss-reactive ketones (excluding diaryl/α,β-unsaturated/α-hetero) is 1. The summed E-state index contributed by atoms with van der Waals surface area (Å²) in [6.07, 6.45) is 2.11. The Morgan fingerprint density at radius 1 is 1.37 bits per heavy atom. The van der Waals surface area contributed by atoms with Crippen LogP contribution in [0.3, 0.4) is 0 Å². The molecule has 4 heteroatoms. The topological polar surface area (TPSA) is 43.4 Å². The zero-order valence-corrected chi connectivity index (χ0v) is 10.7. The molecule has 0 aromatic heterocycles. The van der Waals surface area contributed by atoms with Crippen LogP contribution in [0.25, 0.3) is 0 Å². The highest BCUT2D eigenvalue weighted by atomic mass is 19.1. The van der Waals surface area contributed by atoms with Crippen molar-refractivity contribution in [3.63, 3.8) is 0 Å². The van der Waals surface area contributed by atoms with Gasteiger partial charge in [0, 0.05) is 19.3 Å². The minimum atomic E-state index is -1.56. The van der Waals surface area contributed by atoms with Crippen LogP contribution in [0, 0.1) is 19.3 Å². The second-order valence-electron chi connectivity index (χ2n) is 4.05. The van der Waals surface area contributed by atoms with Gasteiger partial charge in [-0.05, 0) is 18.9 Å². The Kier molecular flexibility index (Phi) is 6.79. The molecular formula is C15H16FO3. The lowest BCUT2D eigenvalue weighted by Gasteiger charge is -2.09. The van der Waals surface area contributed by atoms with Crippen molar-refractivity contribution in [2.24, 2.45) is 0 Å². The first-order chi connectivity index (χ1) is 9.13. The van der Waals surface area contributed by atoms with Gasteiger partial charge in [-0.3, -0.25) is 9.59 Å². The van der Waals surface area contributed by atoms with Crippen LogP contribution in [0.5, 0.6) is 0 Å². The van der Waals surface area contributed by atoms with E-state index in [1.807, 2.05) is 6.07 Å². The molecule has 1 rings (SSSR count). The molecule has 0 fully saturated rings. The van der Waals surface area contributed by atoms with Gasteiger partial charge in [-0.25, -0.2) is 4.39 Å². The molecular weight excluding hydrogens is 247 g/mol. The standard InChI is InChI=1S/C15H16FO3/c1-12(19-11-17)6-5-9-15(18)14(16)10-13-7-3-2-4-8-13/h2-9,11-12,14H,10H2,1H3/t12-,14-/m1/s1. The fourth-order valence-electron chi connectivity index (χ4n) is 1.47. The highest BCUT2D eigenvalue weighted by Crippen LogP contribution is 2.10. The lowest BCUT2D eigenvalue weighted by molar-refractivity contribution is -0.131. The summed E-state index contributed by atoms with van der Waals surface area (Å²) in [6, 6.07) is 8.98. The number of carbonyl (C=O) groups excluding carboxylic acids is 2. The Morgan fingerprint density at radius 3 is 2.68 bits per heavy atom. The molecule has 0 spiro atoms. The van der Waals surface area contributed by atoms with Crippen molar-refractivity contribution in [1.29, 1.82) is 0 Å². The zero-order valence-electron chi connectivity index (χ0n) is 10.7. The first-order valence-electron chi connectivity index (χ1n) is 5.96. The fourth-order valence-corrected chi connectivity index (χ4v) is 1.47. The van der Waals surface area contributed by atoms with Crippen molar-refractivity contribution < 1.29 is 18.7 Å². The SMILES string of the molecule is C[C@H]([CH][CH][CH]C(=O)[C@H](F)Cc1ccccc1)OC=O. The minimum absolute atomic E-state index is 0.0599. The predicted octanol–water partition coefficient (Wildman–Crippen LogP) is 2.31. The Hall–Kier alpha value is -1.71. The molecule has 0 saturated heterocycles. The molecule has 101 valence electrons. The Balaban J connectivity index is 2.27. The van der Waals surface area contributed by atoms with E-state index in [4.69, 9.17) is 0 Å². The highest BCUT2D eigenvalue weighted by Gasteiger charge is 2.18. The molecule has 3 radical (unpaired) electrons. The summed E-state index contributed by atoms with van der Waals surface area (Å²) in [5, 5.41) is 0. The monoisotopic (exact) mass is 263 g/mol. The number of ether oxygens (including phenoxy) is 1. The van der Waals surface area contributed by atoms with Crippen molar-refractivity contribution in [2.75, 3.05) is 0 Å². The summed E-state index contributed by atoms with van der Waals surface area (Å²) in [5.74, 6) is -0.599. The quantitative estimate of drug-likeness (QED) is 0.642. The average molecular weight is 263 g/mol. The molecule has 2 atom stereocenters. The first kappa shape index (κ1) is 15.3. The van der Waals surface area contributed by atoms with Crippen molar-refractivity contribution >= 4 is 12.3 Å². The summed E-state index contributed by atoms with van der Waals surface area (Å²) in [7, 11) is 0. The second kappa shape index (κ2) is 8.40. The van der Waals surface area contributed by atoms with E-state index in [-0.39, 0.29) is 6.42 Å². The fraction of sp³-hybridized carbons (Fsp3) is 0.267. The molecule has 0 aliphatic carbocycles. The Morgan fingerprint density at radius 2 is 2.05 bits per heavy atom. The number of rotatable bonds is 9. The summed E-state index contributed by atoms with van der Waals surface area (Å²) in [4.78, 5) is 21.5. The molecule has 0 unspecified atom stereocenters. The van der Waals surface area contributed by atoms with Crippen LogP contribution in [-0.4, -0.2) is 24.5 Å². The van der Waals surface area contributed by atoms with E-state index >= 15 is 0 Å². The molecule has 0 saturated carbocycles. The van der Waals surface area contributed by atoms with Crippen molar-refractivity contribution in [1.82, 2.24) is 0 Å². The van der Waals surface area contributed by atoms with Crippen LogP contribution in [0.1, 0.15) is 12.5 Å². The average Bonchev–Trinajstić information content (AvgIpc) is 2.40. The maximum absolute atomic E-state index is 13.7. The van der Waals surface area contributed by atoms with Gasteiger partial charge in [0.1, 0.15) is 6.10 Å². The third kappa shape index (κ3) is 6.13. The molecule has 0 heterocycles. The Bertz CT molecular complexity index is 392. The molecule has 0 bridgehead atoms. The van der Waals surface area contributed by atoms with E-state index in [0.29, 0.717) is 6.47 Å². The van der Waals surface area contributed by atoms with Crippen molar-refractivity contribution in [2.45, 2.75) is 25.6 Å². The van der Waals surface area contributed by atoms with E-state index in [1.54, 1.807) is 31.2 Å². The maximum atomic E-state index is 13.7. The lowest BCUT2D eigenvalue weighted by Crippen LogP contribution is -2.20. The van der Waals surface area contributed by atoms with E-state index in [0.717, 1.165) is 12.0 Å². The third-order valence-corrected chi connectivity index (χ3v) is 2.48. The largest absolute Gasteiger partial charge is 0.465 e. The van der Waals surface area contributed by atoms with Crippen LogP contribution in [0.15, 0.2) is 30.3 Å². The molecule has 1 aromatic carbocycles. The minimum Gasteiger partial charge on any atom is -0.465 e. The first-order valence-corrected chi connectivity index (χ1v) is 5.96. The van der Waals surface area contributed by atoms with Crippen LogP contribution in [0.4, 0.5) is 4.39 Å². The van der Waals surface area contributed by atoms with Gasteiger partial charge in [0.15, 0.2) is 12.0 Å². The van der Waals surface area contributed by atoms with E-state index in [2.05, 4.69) is 4.74 Å². The second-order valence-corrected chi connectivity index (χ2v) is 4.05.